The molecule has 2 saturated heterocycles. The smallest absolute Gasteiger partial charge is 0.407 e. The lowest BCUT2D eigenvalue weighted by Crippen LogP contribution is -2.51. The maximum Gasteiger partial charge on any atom is 0.407 e. The first-order valence-corrected chi connectivity index (χ1v) is 12.1. The summed E-state index contributed by atoms with van der Waals surface area (Å²) in [6, 6.07) is 0.388. The Labute approximate surface area is 200 Å². The summed E-state index contributed by atoms with van der Waals surface area (Å²) in [6.07, 6.45) is 7.24. The monoisotopic (exact) mass is 472 g/mol. The molecule has 4 N–H and O–H groups in total. The van der Waals surface area contributed by atoms with Crippen LogP contribution >= 0.6 is 0 Å². The van der Waals surface area contributed by atoms with E-state index in [0.29, 0.717) is 31.1 Å². The summed E-state index contributed by atoms with van der Waals surface area (Å²) < 4.78 is 5.34. The second-order valence-corrected chi connectivity index (χ2v) is 10.4. The van der Waals surface area contributed by atoms with Gasteiger partial charge in [-0.25, -0.2) is 14.8 Å². The Bertz CT molecular complexity index is 904. The van der Waals surface area contributed by atoms with Gasteiger partial charge >= 0.3 is 6.09 Å². The van der Waals surface area contributed by atoms with Crippen molar-refractivity contribution in [3.05, 3.63) is 18.0 Å². The average Bonchev–Trinajstić information content (AvgIpc) is 3.50. The fourth-order valence-corrected chi connectivity index (χ4v) is 4.65. The topological polar surface area (TPSA) is 141 Å². The standard InChI is InChI=1S/C23H36N8O3/c1-23(2,3)34-22(33)28-16-6-9-30(14-16)21-26-12-15(13-27-21)19(32)31(17-4-5-17)18-7-10-29(11-8-18)20(24)25/h12-13,16-18H,4-11,14H2,1-3H3,(H3,24,25)(H,28,33). The number of ether oxygens (including phenoxy) is 1. The van der Waals surface area contributed by atoms with Crippen molar-refractivity contribution in [3.8, 4) is 0 Å². The number of rotatable bonds is 5. The van der Waals surface area contributed by atoms with Gasteiger partial charge in [-0.05, 0) is 52.9 Å². The van der Waals surface area contributed by atoms with Crippen LogP contribution in [0.3, 0.4) is 0 Å². The average molecular weight is 473 g/mol. The number of likely N-dealkylation sites (tertiary alicyclic amines) is 1. The molecule has 11 nitrogen and oxygen atoms in total. The van der Waals surface area contributed by atoms with Crippen molar-refractivity contribution in [1.82, 2.24) is 25.1 Å². The van der Waals surface area contributed by atoms with Gasteiger partial charge in [-0.1, -0.05) is 0 Å². The van der Waals surface area contributed by atoms with Crippen LogP contribution in [0.25, 0.3) is 0 Å². The lowest BCUT2D eigenvalue weighted by atomic mass is 10.0. The number of anilines is 1. The van der Waals surface area contributed by atoms with Crippen molar-refractivity contribution in [2.24, 2.45) is 5.73 Å². The van der Waals surface area contributed by atoms with Crippen molar-refractivity contribution in [1.29, 1.82) is 5.41 Å². The van der Waals surface area contributed by atoms with Gasteiger partial charge in [0.05, 0.1) is 11.6 Å². The molecule has 1 atom stereocenters. The zero-order valence-electron chi connectivity index (χ0n) is 20.3. The van der Waals surface area contributed by atoms with E-state index in [1.54, 1.807) is 12.4 Å². The van der Waals surface area contributed by atoms with Gasteiger partial charge in [0.25, 0.3) is 5.91 Å². The molecule has 4 rings (SSSR count). The van der Waals surface area contributed by atoms with Crippen molar-refractivity contribution in [2.45, 2.75) is 76.6 Å². The maximum atomic E-state index is 13.4. The molecule has 1 aliphatic carbocycles. The molecule has 0 spiro atoms. The zero-order valence-corrected chi connectivity index (χ0v) is 20.3. The van der Waals surface area contributed by atoms with E-state index in [0.717, 1.165) is 38.6 Å². The highest BCUT2D eigenvalue weighted by molar-refractivity contribution is 5.94. The molecule has 186 valence electrons. The molecular formula is C23H36N8O3. The van der Waals surface area contributed by atoms with Crippen LogP contribution in [-0.4, -0.2) is 87.6 Å². The molecule has 3 aliphatic rings. The van der Waals surface area contributed by atoms with Gasteiger partial charge < -0.3 is 30.5 Å². The minimum absolute atomic E-state index is 0.0267. The minimum Gasteiger partial charge on any atom is -0.444 e. The fraction of sp³-hybridized carbons (Fsp3) is 0.696. The Morgan fingerprint density at radius 2 is 1.71 bits per heavy atom. The van der Waals surface area contributed by atoms with Crippen LogP contribution in [0.1, 0.15) is 63.2 Å². The Balaban J connectivity index is 1.34. The van der Waals surface area contributed by atoms with E-state index in [1.807, 2.05) is 35.5 Å². The molecule has 0 bridgehead atoms. The molecule has 0 radical (unpaired) electrons. The molecule has 11 heteroatoms. The molecular weight excluding hydrogens is 436 g/mol. The number of aromatic nitrogens is 2. The molecule has 1 saturated carbocycles. The van der Waals surface area contributed by atoms with E-state index < -0.39 is 11.7 Å². The number of carbonyl (C=O) groups is 2. The molecule has 1 aromatic rings. The molecule has 1 aromatic heterocycles. The highest BCUT2D eigenvalue weighted by Crippen LogP contribution is 2.33. The van der Waals surface area contributed by atoms with Crippen LogP contribution in [-0.2, 0) is 4.74 Å². The summed E-state index contributed by atoms with van der Waals surface area (Å²) in [6.45, 7) is 8.21. The van der Waals surface area contributed by atoms with Gasteiger partial charge in [-0.15, -0.1) is 0 Å². The van der Waals surface area contributed by atoms with Crippen molar-refractivity contribution in [2.75, 3.05) is 31.1 Å². The highest BCUT2D eigenvalue weighted by atomic mass is 16.6. The van der Waals surface area contributed by atoms with Crippen LogP contribution in [0.5, 0.6) is 0 Å². The maximum absolute atomic E-state index is 13.4. The molecule has 34 heavy (non-hydrogen) atoms. The Hall–Kier alpha value is -3.11. The van der Waals surface area contributed by atoms with Crippen LogP contribution in [0.2, 0.25) is 0 Å². The minimum atomic E-state index is -0.535. The summed E-state index contributed by atoms with van der Waals surface area (Å²) in [5.41, 5.74) is 5.57. The van der Waals surface area contributed by atoms with Crippen LogP contribution in [0.4, 0.5) is 10.7 Å². The highest BCUT2D eigenvalue weighted by Gasteiger charge is 2.39. The number of hydrogen-bond donors (Lipinski definition) is 3. The number of carbonyl (C=O) groups excluding carboxylic acids is 2. The van der Waals surface area contributed by atoms with Crippen LogP contribution in [0.15, 0.2) is 12.4 Å². The molecule has 2 aliphatic heterocycles. The predicted octanol–water partition coefficient (Wildman–Crippen LogP) is 1.54. The number of nitrogens with one attached hydrogen (secondary N) is 2. The zero-order chi connectivity index (χ0) is 24.5. The molecule has 2 amide bonds. The summed E-state index contributed by atoms with van der Waals surface area (Å²) in [4.78, 5) is 40.2. The SMILES string of the molecule is CC(C)(C)OC(=O)NC1CCN(c2ncc(C(=O)N(C3CC3)C3CCN(C(=N)N)CC3)cn2)C1. The van der Waals surface area contributed by atoms with Gasteiger partial charge in [0.1, 0.15) is 5.60 Å². The largest absolute Gasteiger partial charge is 0.444 e. The first kappa shape index (κ1) is 24.0. The third-order valence-electron chi connectivity index (χ3n) is 6.45. The summed E-state index contributed by atoms with van der Waals surface area (Å²) in [5.74, 6) is 0.621. The van der Waals surface area contributed by atoms with Gasteiger partial charge in [0, 0.05) is 50.7 Å². The molecule has 3 fully saturated rings. The fourth-order valence-electron chi connectivity index (χ4n) is 4.65. The Kier molecular flexibility index (Phi) is 6.81. The predicted molar refractivity (Wildman–Crippen MR) is 128 cm³/mol. The summed E-state index contributed by atoms with van der Waals surface area (Å²) in [7, 11) is 0. The van der Waals surface area contributed by atoms with Gasteiger partial charge in [0.2, 0.25) is 5.95 Å². The first-order valence-electron chi connectivity index (χ1n) is 12.1. The van der Waals surface area contributed by atoms with E-state index in [9.17, 15) is 9.59 Å². The van der Waals surface area contributed by atoms with Gasteiger partial charge in [-0.3, -0.25) is 10.2 Å². The van der Waals surface area contributed by atoms with E-state index >= 15 is 0 Å². The number of nitrogens with zero attached hydrogens (tertiary/aromatic N) is 5. The number of hydrogen-bond acceptors (Lipinski definition) is 7. The lowest BCUT2D eigenvalue weighted by Gasteiger charge is -2.39. The number of nitrogens with two attached hydrogens (primary N) is 1. The Morgan fingerprint density at radius 3 is 2.26 bits per heavy atom. The van der Waals surface area contributed by atoms with E-state index in [4.69, 9.17) is 15.9 Å². The third-order valence-corrected chi connectivity index (χ3v) is 6.45. The third kappa shape index (κ3) is 5.87. The van der Waals surface area contributed by atoms with Crippen molar-refractivity contribution >= 4 is 23.9 Å². The summed E-state index contributed by atoms with van der Waals surface area (Å²) >= 11 is 0. The van der Waals surface area contributed by atoms with E-state index in [1.165, 1.54) is 0 Å². The number of piperidine rings is 1. The van der Waals surface area contributed by atoms with Crippen LogP contribution in [0, 0.1) is 5.41 Å². The second kappa shape index (κ2) is 9.63. The quantitative estimate of drug-likeness (QED) is 0.433. The number of amides is 2. The van der Waals surface area contributed by atoms with E-state index in [-0.39, 0.29) is 30.0 Å². The molecule has 3 heterocycles. The summed E-state index contributed by atoms with van der Waals surface area (Å²) in [5, 5.41) is 10.5. The van der Waals surface area contributed by atoms with Gasteiger partial charge in [0.15, 0.2) is 5.96 Å². The second-order valence-electron chi connectivity index (χ2n) is 10.4. The lowest BCUT2D eigenvalue weighted by molar-refractivity contribution is 0.0507. The number of guanidine groups is 1. The van der Waals surface area contributed by atoms with Gasteiger partial charge in [-0.2, -0.15) is 0 Å². The first-order chi connectivity index (χ1) is 16.1. The van der Waals surface area contributed by atoms with E-state index in [2.05, 4.69) is 15.3 Å². The normalized spacial score (nSPS) is 21.3. The Morgan fingerprint density at radius 1 is 1.09 bits per heavy atom. The molecule has 1 unspecified atom stereocenters. The van der Waals surface area contributed by atoms with Crippen molar-refractivity contribution < 1.29 is 14.3 Å². The van der Waals surface area contributed by atoms with Crippen LogP contribution < -0.4 is 16.0 Å². The number of alkyl carbamates (subject to hydrolysis) is 1. The van der Waals surface area contributed by atoms with Crippen molar-refractivity contribution in [3.63, 3.8) is 0 Å². The molecule has 0 aromatic carbocycles.